The molecule has 1 amide bonds. The summed E-state index contributed by atoms with van der Waals surface area (Å²) in [6, 6.07) is 3.74. The van der Waals surface area contributed by atoms with E-state index in [2.05, 4.69) is 5.32 Å². The smallest absolute Gasteiger partial charge is 0.329 e. The van der Waals surface area contributed by atoms with Gasteiger partial charge in [0.25, 0.3) is 5.91 Å². The fourth-order valence-corrected chi connectivity index (χ4v) is 2.19. The van der Waals surface area contributed by atoms with E-state index in [1.165, 1.54) is 19.2 Å². The van der Waals surface area contributed by atoms with Gasteiger partial charge in [-0.25, -0.2) is 4.79 Å². The van der Waals surface area contributed by atoms with E-state index < -0.39 is 22.3 Å². The van der Waals surface area contributed by atoms with Crippen molar-refractivity contribution < 1.29 is 24.4 Å². The van der Waals surface area contributed by atoms with E-state index in [0.29, 0.717) is 12.8 Å². The van der Waals surface area contributed by atoms with E-state index in [4.69, 9.17) is 9.84 Å². The number of hydrogen-bond acceptors (Lipinski definition) is 5. The first kappa shape index (κ1) is 14.8. The summed E-state index contributed by atoms with van der Waals surface area (Å²) in [4.78, 5) is 33.6. The van der Waals surface area contributed by atoms with E-state index >= 15 is 0 Å². The molecule has 0 saturated heterocycles. The summed E-state index contributed by atoms with van der Waals surface area (Å²) in [6.45, 7) is 0. The Labute approximate surface area is 119 Å². The number of hydrogen-bond donors (Lipinski definition) is 2. The number of nitrogens with zero attached hydrogens (tertiary/aromatic N) is 1. The number of nitro benzene ring substituents is 1. The molecule has 1 aromatic carbocycles. The van der Waals surface area contributed by atoms with Gasteiger partial charge in [0.2, 0.25) is 0 Å². The summed E-state index contributed by atoms with van der Waals surface area (Å²) >= 11 is 0. The highest BCUT2D eigenvalue weighted by molar-refractivity contribution is 5.98. The van der Waals surface area contributed by atoms with Crippen molar-refractivity contribution in [2.75, 3.05) is 7.11 Å². The molecule has 8 nitrogen and oxygen atoms in total. The fourth-order valence-electron chi connectivity index (χ4n) is 2.19. The first-order valence-electron chi connectivity index (χ1n) is 6.28. The number of carbonyl (C=O) groups excluding carboxylic acids is 1. The number of carboxylic acid groups (broad SMARTS) is 1. The van der Waals surface area contributed by atoms with Crippen molar-refractivity contribution in [2.45, 2.75) is 24.8 Å². The van der Waals surface area contributed by atoms with Crippen LogP contribution in [0.15, 0.2) is 18.2 Å². The third-order valence-electron chi connectivity index (χ3n) is 3.61. The molecule has 2 rings (SSSR count). The molecule has 1 fully saturated rings. The van der Waals surface area contributed by atoms with Crippen LogP contribution in [0.4, 0.5) is 5.69 Å². The Morgan fingerprint density at radius 2 is 2.10 bits per heavy atom. The van der Waals surface area contributed by atoms with E-state index in [0.717, 1.165) is 12.5 Å². The van der Waals surface area contributed by atoms with Gasteiger partial charge in [-0.05, 0) is 31.4 Å². The molecule has 2 N–H and O–H groups in total. The van der Waals surface area contributed by atoms with Crippen LogP contribution in [0, 0.1) is 10.1 Å². The van der Waals surface area contributed by atoms with Gasteiger partial charge in [-0.3, -0.25) is 14.9 Å². The molecule has 8 heteroatoms. The minimum atomic E-state index is -1.26. The summed E-state index contributed by atoms with van der Waals surface area (Å²) in [7, 11) is 1.29. The SMILES string of the molecule is COc1ccc(C(=O)NC2(C(=O)O)CCC2)cc1[N+](=O)[O-]. The molecule has 1 aromatic rings. The lowest BCUT2D eigenvalue weighted by Gasteiger charge is -2.38. The van der Waals surface area contributed by atoms with E-state index in [1.807, 2.05) is 0 Å². The third kappa shape index (κ3) is 2.64. The van der Waals surface area contributed by atoms with Crippen LogP contribution in [0.1, 0.15) is 29.6 Å². The molecule has 112 valence electrons. The molecule has 0 aromatic heterocycles. The number of carbonyl (C=O) groups is 2. The Balaban J connectivity index is 2.26. The lowest BCUT2D eigenvalue weighted by molar-refractivity contribution is -0.385. The van der Waals surface area contributed by atoms with E-state index in [-0.39, 0.29) is 17.0 Å². The molecule has 0 aliphatic heterocycles. The highest BCUT2D eigenvalue weighted by atomic mass is 16.6. The standard InChI is InChI=1S/C13H14N2O6/c1-21-10-4-3-8(7-9(10)15(19)20)11(16)14-13(12(17)18)5-2-6-13/h3-4,7H,2,5-6H2,1H3,(H,14,16)(H,17,18). The summed E-state index contributed by atoms with van der Waals surface area (Å²) in [5.74, 6) is -1.71. The fraction of sp³-hybridized carbons (Fsp3) is 0.385. The van der Waals surface area contributed by atoms with Gasteiger partial charge < -0.3 is 15.2 Å². The Hall–Kier alpha value is -2.64. The topological polar surface area (TPSA) is 119 Å². The van der Waals surface area contributed by atoms with Crippen LogP contribution in [-0.2, 0) is 4.79 Å². The number of rotatable bonds is 5. The number of methoxy groups -OCH3 is 1. The summed E-state index contributed by atoms with van der Waals surface area (Å²) < 4.78 is 4.85. The van der Waals surface area contributed by atoms with Crippen LogP contribution >= 0.6 is 0 Å². The average molecular weight is 294 g/mol. The first-order chi connectivity index (χ1) is 9.89. The predicted molar refractivity (Wildman–Crippen MR) is 71.3 cm³/mol. The van der Waals surface area contributed by atoms with Crippen molar-refractivity contribution >= 4 is 17.6 Å². The van der Waals surface area contributed by atoms with Gasteiger partial charge in [-0.2, -0.15) is 0 Å². The second-order valence-corrected chi connectivity index (χ2v) is 4.84. The molecular weight excluding hydrogens is 280 g/mol. The number of ether oxygens (including phenoxy) is 1. The number of nitro groups is 1. The highest BCUT2D eigenvalue weighted by Crippen LogP contribution is 2.33. The van der Waals surface area contributed by atoms with Gasteiger partial charge in [0.05, 0.1) is 12.0 Å². The maximum Gasteiger partial charge on any atom is 0.329 e. The third-order valence-corrected chi connectivity index (χ3v) is 3.61. The second-order valence-electron chi connectivity index (χ2n) is 4.84. The van der Waals surface area contributed by atoms with Crippen molar-refractivity contribution in [1.29, 1.82) is 0 Å². The Bertz CT molecular complexity index is 609. The molecule has 0 spiro atoms. The predicted octanol–water partition coefficient (Wildman–Crippen LogP) is 1.34. The largest absolute Gasteiger partial charge is 0.490 e. The van der Waals surface area contributed by atoms with Gasteiger partial charge in [0, 0.05) is 11.6 Å². The zero-order valence-corrected chi connectivity index (χ0v) is 11.3. The Morgan fingerprint density at radius 3 is 2.52 bits per heavy atom. The molecule has 0 heterocycles. The minimum Gasteiger partial charge on any atom is -0.490 e. The van der Waals surface area contributed by atoms with Gasteiger partial charge in [-0.15, -0.1) is 0 Å². The van der Waals surface area contributed by atoms with Crippen molar-refractivity contribution in [3.05, 3.63) is 33.9 Å². The van der Waals surface area contributed by atoms with Gasteiger partial charge in [-0.1, -0.05) is 0 Å². The maximum atomic E-state index is 12.1. The lowest BCUT2D eigenvalue weighted by Crippen LogP contribution is -2.59. The number of aliphatic carboxylic acids is 1. The summed E-state index contributed by atoms with van der Waals surface area (Å²) in [5.41, 5.74) is -1.58. The average Bonchev–Trinajstić information content (AvgIpc) is 2.41. The van der Waals surface area contributed by atoms with Crippen LogP contribution in [0.2, 0.25) is 0 Å². The highest BCUT2D eigenvalue weighted by Gasteiger charge is 2.45. The van der Waals surface area contributed by atoms with E-state index in [1.54, 1.807) is 0 Å². The molecular formula is C13H14N2O6. The number of benzene rings is 1. The van der Waals surface area contributed by atoms with Gasteiger partial charge >= 0.3 is 11.7 Å². The van der Waals surface area contributed by atoms with Crippen molar-refractivity contribution in [3.8, 4) is 5.75 Å². The van der Waals surface area contributed by atoms with Crippen LogP contribution in [0.5, 0.6) is 5.75 Å². The Kier molecular flexibility index (Phi) is 3.79. The molecule has 0 bridgehead atoms. The van der Waals surface area contributed by atoms with Crippen LogP contribution in [0.25, 0.3) is 0 Å². The van der Waals surface area contributed by atoms with Gasteiger partial charge in [0.1, 0.15) is 5.54 Å². The molecule has 1 aliphatic carbocycles. The van der Waals surface area contributed by atoms with Crippen molar-refractivity contribution in [1.82, 2.24) is 5.32 Å². The van der Waals surface area contributed by atoms with Gasteiger partial charge in [0.15, 0.2) is 5.75 Å². The summed E-state index contributed by atoms with van der Waals surface area (Å²) in [5, 5.41) is 22.5. The summed E-state index contributed by atoms with van der Waals surface area (Å²) in [6.07, 6.45) is 1.42. The number of amides is 1. The molecule has 1 saturated carbocycles. The molecule has 0 radical (unpaired) electrons. The molecule has 1 aliphatic rings. The first-order valence-corrected chi connectivity index (χ1v) is 6.28. The van der Waals surface area contributed by atoms with Crippen LogP contribution in [-0.4, -0.2) is 34.6 Å². The second kappa shape index (κ2) is 5.39. The minimum absolute atomic E-state index is 0.0232. The lowest BCUT2D eigenvalue weighted by atomic mass is 9.76. The van der Waals surface area contributed by atoms with Crippen molar-refractivity contribution in [3.63, 3.8) is 0 Å². The molecule has 0 atom stereocenters. The molecule has 21 heavy (non-hydrogen) atoms. The molecule has 0 unspecified atom stereocenters. The zero-order chi connectivity index (χ0) is 15.6. The number of nitrogens with one attached hydrogen (secondary N) is 1. The quantitative estimate of drug-likeness (QED) is 0.624. The monoisotopic (exact) mass is 294 g/mol. The van der Waals surface area contributed by atoms with Crippen LogP contribution in [0.3, 0.4) is 0 Å². The number of carboxylic acids is 1. The Morgan fingerprint density at radius 1 is 1.43 bits per heavy atom. The van der Waals surface area contributed by atoms with E-state index in [9.17, 15) is 19.7 Å². The van der Waals surface area contributed by atoms with Crippen molar-refractivity contribution in [2.24, 2.45) is 0 Å². The van der Waals surface area contributed by atoms with Crippen LogP contribution < -0.4 is 10.1 Å². The zero-order valence-electron chi connectivity index (χ0n) is 11.3. The normalized spacial score (nSPS) is 15.7. The maximum absolute atomic E-state index is 12.1.